The number of carboxylic acid groups (broad SMARTS) is 1. The molecule has 4 atom stereocenters. The molecule has 120 valence electrons. The van der Waals surface area contributed by atoms with Crippen LogP contribution in [0, 0.1) is 5.92 Å². The van der Waals surface area contributed by atoms with E-state index in [1.165, 1.54) is 0 Å². The molecular weight excluding hydrogens is 284 g/mol. The second kappa shape index (κ2) is 6.14. The summed E-state index contributed by atoms with van der Waals surface area (Å²) in [4.78, 5) is 11.1. The van der Waals surface area contributed by atoms with E-state index in [9.17, 15) is 9.90 Å². The Labute approximate surface area is 129 Å². The van der Waals surface area contributed by atoms with E-state index in [1.807, 2.05) is 0 Å². The molecule has 1 aliphatic heterocycles. The molecule has 1 fully saturated rings. The molecule has 6 heteroatoms. The van der Waals surface area contributed by atoms with Gasteiger partial charge in [-0.25, -0.2) is 0 Å². The molecule has 1 saturated carbocycles. The number of anilines is 1. The highest BCUT2D eigenvalue weighted by molar-refractivity contribution is 5.70. The Morgan fingerprint density at radius 3 is 2.95 bits per heavy atom. The van der Waals surface area contributed by atoms with Crippen LogP contribution in [0.3, 0.4) is 0 Å². The van der Waals surface area contributed by atoms with E-state index in [0.717, 1.165) is 24.8 Å². The normalized spacial score (nSPS) is 31.1. The van der Waals surface area contributed by atoms with Crippen LogP contribution in [0.2, 0.25) is 0 Å². The number of ether oxygens (including phenoxy) is 1. The predicted molar refractivity (Wildman–Crippen MR) is 81.6 cm³/mol. The van der Waals surface area contributed by atoms with Crippen molar-refractivity contribution < 1.29 is 19.7 Å². The van der Waals surface area contributed by atoms with Crippen LogP contribution in [-0.4, -0.2) is 34.9 Å². The quantitative estimate of drug-likeness (QED) is 0.627. The molecule has 0 saturated heterocycles. The number of rotatable bonds is 3. The SMILES string of the molecule is Nc1ccc2c(c1)OC[C@H](N[C@H]1CCC[C@@H](C(=O)O)C1)[C@@H]2O. The largest absolute Gasteiger partial charge is 0.491 e. The molecule has 0 unspecified atom stereocenters. The Morgan fingerprint density at radius 2 is 2.18 bits per heavy atom. The Bertz CT molecular complexity index is 563. The van der Waals surface area contributed by atoms with Gasteiger partial charge in [0.05, 0.1) is 12.0 Å². The molecule has 1 aromatic carbocycles. The lowest BCUT2D eigenvalue weighted by Crippen LogP contribution is -2.49. The number of hydrogen-bond donors (Lipinski definition) is 4. The van der Waals surface area contributed by atoms with Gasteiger partial charge in [0.1, 0.15) is 18.5 Å². The maximum absolute atomic E-state index is 11.1. The van der Waals surface area contributed by atoms with E-state index in [0.29, 0.717) is 24.5 Å². The van der Waals surface area contributed by atoms with Crippen LogP contribution in [0.15, 0.2) is 18.2 Å². The first kappa shape index (κ1) is 15.1. The number of nitrogens with one attached hydrogen (secondary N) is 1. The molecule has 1 aromatic rings. The van der Waals surface area contributed by atoms with Crippen molar-refractivity contribution in [3.8, 4) is 5.75 Å². The van der Waals surface area contributed by atoms with Crippen molar-refractivity contribution in [1.82, 2.24) is 5.32 Å². The van der Waals surface area contributed by atoms with Gasteiger partial charge in [0.15, 0.2) is 0 Å². The zero-order valence-corrected chi connectivity index (χ0v) is 12.4. The zero-order chi connectivity index (χ0) is 15.7. The fourth-order valence-electron chi connectivity index (χ4n) is 3.42. The lowest BCUT2D eigenvalue weighted by molar-refractivity contribution is -0.143. The summed E-state index contributed by atoms with van der Waals surface area (Å²) < 4.78 is 5.68. The summed E-state index contributed by atoms with van der Waals surface area (Å²) in [5.74, 6) is -0.398. The minimum Gasteiger partial charge on any atom is -0.491 e. The van der Waals surface area contributed by atoms with Gasteiger partial charge >= 0.3 is 5.97 Å². The summed E-state index contributed by atoms with van der Waals surface area (Å²) in [7, 11) is 0. The molecule has 2 aliphatic rings. The van der Waals surface area contributed by atoms with Crippen molar-refractivity contribution in [3.63, 3.8) is 0 Å². The van der Waals surface area contributed by atoms with E-state index >= 15 is 0 Å². The second-order valence-corrected chi connectivity index (χ2v) is 6.22. The standard InChI is InChI=1S/C16H22N2O4/c17-10-4-5-12-14(7-10)22-8-13(15(12)19)18-11-3-1-2-9(6-11)16(20)21/h4-5,7,9,11,13,15,18-19H,1-3,6,8,17H2,(H,20,21)/t9-,11+,13+,15-/m1/s1. The number of aliphatic hydroxyl groups excluding tert-OH is 1. The van der Waals surface area contributed by atoms with Crippen LogP contribution in [0.25, 0.3) is 0 Å². The molecule has 0 spiro atoms. The van der Waals surface area contributed by atoms with Crippen LogP contribution in [0.5, 0.6) is 5.75 Å². The van der Waals surface area contributed by atoms with Crippen LogP contribution < -0.4 is 15.8 Å². The fourth-order valence-corrected chi connectivity index (χ4v) is 3.42. The second-order valence-electron chi connectivity index (χ2n) is 6.22. The number of nitrogens with two attached hydrogens (primary N) is 1. The maximum atomic E-state index is 11.1. The molecule has 22 heavy (non-hydrogen) atoms. The van der Waals surface area contributed by atoms with Gasteiger partial charge in [0, 0.05) is 23.4 Å². The number of carbonyl (C=O) groups is 1. The number of benzene rings is 1. The smallest absolute Gasteiger partial charge is 0.306 e. The monoisotopic (exact) mass is 306 g/mol. The lowest BCUT2D eigenvalue weighted by atomic mass is 9.85. The highest BCUT2D eigenvalue weighted by Gasteiger charge is 2.33. The summed E-state index contributed by atoms with van der Waals surface area (Å²) in [6.07, 6.45) is 2.49. The van der Waals surface area contributed by atoms with E-state index in [4.69, 9.17) is 15.6 Å². The number of carboxylic acids is 1. The molecule has 1 aliphatic carbocycles. The van der Waals surface area contributed by atoms with Crippen molar-refractivity contribution in [3.05, 3.63) is 23.8 Å². The van der Waals surface area contributed by atoms with Gasteiger partial charge in [0.25, 0.3) is 0 Å². The molecule has 1 heterocycles. The number of hydrogen-bond acceptors (Lipinski definition) is 5. The van der Waals surface area contributed by atoms with Gasteiger partial charge in [-0.05, 0) is 25.3 Å². The van der Waals surface area contributed by atoms with Crippen LogP contribution in [-0.2, 0) is 4.79 Å². The minimum absolute atomic E-state index is 0.105. The Balaban J connectivity index is 1.66. The zero-order valence-electron chi connectivity index (χ0n) is 12.4. The van der Waals surface area contributed by atoms with E-state index in [2.05, 4.69) is 5.32 Å². The Kier molecular flexibility index (Phi) is 4.22. The fraction of sp³-hybridized carbons (Fsp3) is 0.562. The predicted octanol–water partition coefficient (Wildman–Crippen LogP) is 1.30. The molecule has 0 amide bonds. The number of aliphatic hydroxyl groups is 1. The Hall–Kier alpha value is -1.79. The van der Waals surface area contributed by atoms with Crippen molar-refractivity contribution in [2.45, 2.75) is 43.9 Å². The van der Waals surface area contributed by atoms with Crippen LogP contribution in [0.4, 0.5) is 5.69 Å². The lowest BCUT2D eigenvalue weighted by Gasteiger charge is -2.36. The Morgan fingerprint density at radius 1 is 1.36 bits per heavy atom. The van der Waals surface area contributed by atoms with E-state index in [-0.39, 0.29) is 18.0 Å². The van der Waals surface area contributed by atoms with Crippen molar-refractivity contribution in [2.75, 3.05) is 12.3 Å². The summed E-state index contributed by atoms with van der Waals surface area (Å²) in [5, 5.41) is 23.1. The van der Waals surface area contributed by atoms with Crippen LogP contribution >= 0.6 is 0 Å². The summed E-state index contributed by atoms with van der Waals surface area (Å²) >= 11 is 0. The van der Waals surface area contributed by atoms with E-state index < -0.39 is 12.1 Å². The van der Waals surface area contributed by atoms with Gasteiger partial charge in [0.2, 0.25) is 0 Å². The first-order valence-corrected chi connectivity index (χ1v) is 7.73. The average Bonchev–Trinajstić information content (AvgIpc) is 2.50. The molecule has 0 aromatic heterocycles. The molecule has 0 bridgehead atoms. The third-order valence-corrected chi connectivity index (χ3v) is 4.63. The minimum atomic E-state index is -0.729. The highest BCUT2D eigenvalue weighted by Crippen LogP contribution is 2.34. The average molecular weight is 306 g/mol. The molecular formula is C16H22N2O4. The molecule has 0 radical (unpaired) electrons. The molecule has 5 N–H and O–H groups in total. The van der Waals surface area contributed by atoms with Crippen LogP contribution in [0.1, 0.15) is 37.4 Å². The first-order valence-electron chi connectivity index (χ1n) is 7.73. The summed E-state index contributed by atoms with van der Waals surface area (Å²) in [5.41, 5.74) is 7.05. The van der Waals surface area contributed by atoms with Gasteiger partial charge < -0.3 is 26.0 Å². The summed E-state index contributed by atoms with van der Waals surface area (Å²) in [6.45, 7) is 0.353. The number of fused-ring (bicyclic) bond motifs is 1. The molecule has 6 nitrogen and oxygen atoms in total. The van der Waals surface area contributed by atoms with Crippen molar-refractivity contribution in [2.24, 2.45) is 5.92 Å². The molecule has 3 rings (SSSR count). The van der Waals surface area contributed by atoms with E-state index in [1.54, 1.807) is 18.2 Å². The third-order valence-electron chi connectivity index (χ3n) is 4.63. The van der Waals surface area contributed by atoms with Gasteiger partial charge in [-0.1, -0.05) is 12.5 Å². The number of aliphatic carboxylic acids is 1. The van der Waals surface area contributed by atoms with Crippen molar-refractivity contribution in [1.29, 1.82) is 0 Å². The van der Waals surface area contributed by atoms with Gasteiger partial charge in [-0.3, -0.25) is 4.79 Å². The van der Waals surface area contributed by atoms with Gasteiger partial charge in [-0.15, -0.1) is 0 Å². The maximum Gasteiger partial charge on any atom is 0.306 e. The van der Waals surface area contributed by atoms with Crippen molar-refractivity contribution >= 4 is 11.7 Å². The third kappa shape index (κ3) is 3.03. The summed E-state index contributed by atoms with van der Waals surface area (Å²) in [6, 6.07) is 5.12. The van der Waals surface area contributed by atoms with Gasteiger partial charge in [-0.2, -0.15) is 0 Å². The number of nitrogen functional groups attached to an aromatic ring is 1. The topological polar surface area (TPSA) is 105 Å². The first-order chi connectivity index (χ1) is 10.5. The highest BCUT2D eigenvalue weighted by atomic mass is 16.5.